The van der Waals surface area contributed by atoms with Crippen LogP contribution in [0, 0.1) is 18.7 Å². The summed E-state index contributed by atoms with van der Waals surface area (Å²) in [5.41, 5.74) is 2.43. The maximum absolute atomic E-state index is 13.2. The Bertz CT molecular complexity index is 864. The van der Waals surface area contributed by atoms with Gasteiger partial charge < -0.3 is 10.2 Å². The van der Waals surface area contributed by atoms with Crippen LogP contribution < -0.4 is 5.32 Å². The summed E-state index contributed by atoms with van der Waals surface area (Å²) < 4.78 is 14.9. The highest BCUT2D eigenvalue weighted by Gasteiger charge is 2.24. The fourth-order valence-electron chi connectivity index (χ4n) is 3.85. The number of carbonyl (C=O) groups excluding carboxylic acids is 2. The molecule has 1 aromatic carbocycles. The van der Waals surface area contributed by atoms with Gasteiger partial charge in [0.2, 0.25) is 11.8 Å². The van der Waals surface area contributed by atoms with Crippen LogP contribution in [0.1, 0.15) is 43.2 Å². The number of carbonyl (C=O) groups is 2. The monoisotopic (exact) mass is 400 g/mol. The van der Waals surface area contributed by atoms with Crippen molar-refractivity contribution in [2.45, 2.75) is 45.4 Å². The van der Waals surface area contributed by atoms with Gasteiger partial charge in [0.15, 0.2) is 0 Å². The molecule has 0 spiro atoms. The van der Waals surface area contributed by atoms with E-state index in [-0.39, 0.29) is 17.6 Å². The summed E-state index contributed by atoms with van der Waals surface area (Å²) in [7, 11) is 1.87. The molecule has 0 aliphatic carbocycles. The van der Waals surface area contributed by atoms with Crippen molar-refractivity contribution in [2.24, 2.45) is 13.0 Å². The lowest BCUT2D eigenvalue weighted by atomic mass is 9.93. The van der Waals surface area contributed by atoms with E-state index >= 15 is 0 Å². The first kappa shape index (κ1) is 21.0. The molecule has 156 valence electrons. The van der Waals surface area contributed by atoms with E-state index < -0.39 is 0 Å². The van der Waals surface area contributed by atoms with Crippen LogP contribution in [-0.2, 0) is 23.1 Å². The first-order valence-corrected chi connectivity index (χ1v) is 10.2. The fraction of sp³-hybridized carbons (Fsp3) is 0.500. The van der Waals surface area contributed by atoms with Gasteiger partial charge in [0, 0.05) is 44.9 Å². The van der Waals surface area contributed by atoms with E-state index in [0.717, 1.165) is 31.4 Å². The highest BCUT2D eigenvalue weighted by Crippen LogP contribution is 2.23. The maximum Gasteiger partial charge on any atom is 0.224 e. The van der Waals surface area contributed by atoms with E-state index in [1.807, 2.05) is 18.1 Å². The molecule has 1 N–H and O–H groups in total. The van der Waals surface area contributed by atoms with Crippen molar-refractivity contribution in [2.75, 3.05) is 18.4 Å². The Hall–Kier alpha value is -2.70. The molecule has 1 aliphatic heterocycles. The van der Waals surface area contributed by atoms with Crippen LogP contribution >= 0.6 is 0 Å². The Morgan fingerprint density at radius 3 is 2.86 bits per heavy atom. The molecule has 1 aliphatic rings. The molecule has 1 aromatic heterocycles. The van der Waals surface area contributed by atoms with Crippen LogP contribution in [0.2, 0.25) is 0 Å². The predicted molar refractivity (Wildman–Crippen MR) is 110 cm³/mol. The fourth-order valence-corrected chi connectivity index (χ4v) is 3.85. The quantitative estimate of drug-likeness (QED) is 0.774. The van der Waals surface area contributed by atoms with Gasteiger partial charge in [-0.25, -0.2) is 4.39 Å². The van der Waals surface area contributed by atoms with Crippen LogP contribution in [0.5, 0.6) is 0 Å². The Morgan fingerprint density at radius 1 is 1.31 bits per heavy atom. The number of halogens is 1. The topological polar surface area (TPSA) is 67.2 Å². The van der Waals surface area contributed by atoms with Crippen molar-refractivity contribution in [3.63, 3.8) is 0 Å². The van der Waals surface area contributed by atoms with Gasteiger partial charge in [-0.1, -0.05) is 0 Å². The molecule has 1 saturated heterocycles. The lowest BCUT2D eigenvalue weighted by Gasteiger charge is -2.33. The van der Waals surface area contributed by atoms with Crippen molar-refractivity contribution in [1.29, 1.82) is 0 Å². The van der Waals surface area contributed by atoms with E-state index in [2.05, 4.69) is 10.4 Å². The normalized spacial score (nSPS) is 16.7. The second-order valence-electron chi connectivity index (χ2n) is 7.92. The van der Waals surface area contributed by atoms with Crippen molar-refractivity contribution < 1.29 is 14.0 Å². The number of hydrogen-bond acceptors (Lipinski definition) is 3. The predicted octanol–water partition coefficient (Wildman–Crippen LogP) is 3.46. The minimum absolute atomic E-state index is 0.0697. The van der Waals surface area contributed by atoms with Gasteiger partial charge in [-0.15, -0.1) is 0 Å². The zero-order valence-electron chi connectivity index (χ0n) is 17.2. The van der Waals surface area contributed by atoms with Crippen LogP contribution in [-0.4, -0.2) is 39.6 Å². The zero-order valence-corrected chi connectivity index (χ0v) is 17.2. The molecular formula is C22H29FN4O2. The number of nitrogens with one attached hydrogen (secondary N) is 1. The summed E-state index contributed by atoms with van der Waals surface area (Å²) in [4.78, 5) is 26.8. The molecule has 2 heterocycles. The van der Waals surface area contributed by atoms with Crippen LogP contribution in [0.3, 0.4) is 0 Å². The summed E-state index contributed by atoms with van der Waals surface area (Å²) in [5.74, 6) is 0.131. The van der Waals surface area contributed by atoms with Gasteiger partial charge in [0.25, 0.3) is 0 Å². The van der Waals surface area contributed by atoms with E-state index in [4.69, 9.17) is 0 Å². The summed E-state index contributed by atoms with van der Waals surface area (Å²) in [6.45, 7) is 3.28. The Balaban J connectivity index is 1.42. The molecule has 2 amide bonds. The number of amides is 2. The summed E-state index contributed by atoms with van der Waals surface area (Å²) in [6.07, 6.45) is 8.09. The number of likely N-dealkylation sites (tertiary alicyclic amines) is 1. The summed E-state index contributed by atoms with van der Waals surface area (Å²) in [5, 5.41) is 6.99. The number of aryl methyl sites for hydroxylation is 3. The van der Waals surface area contributed by atoms with Crippen LogP contribution in [0.4, 0.5) is 10.1 Å². The molecule has 1 unspecified atom stereocenters. The van der Waals surface area contributed by atoms with E-state index in [1.165, 1.54) is 12.1 Å². The van der Waals surface area contributed by atoms with Gasteiger partial charge in [0.05, 0.1) is 6.20 Å². The van der Waals surface area contributed by atoms with Crippen molar-refractivity contribution in [3.8, 4) is 0 Å². The summed E-state index contributed by atoms with van der Waals surface area (Å²) in [6, 6.07) is 4.34. The van der Waals surface area contributed by atoms with Gasteiger partial charge in [0.1, 0.15) is 5.82 Å². The number of piperidine rings is 1. The molecule has 0 bridgehead atoms. The average molecular weight is 400 g/mol. The largest absolute Gasteiger partial charge is 0.342 e. The van der Waals surface area contributed by atoms with Gasteiger partial charge in [-0.2, -0.15) is 5.10 Å². The standard InChI is InChI=1S/C22H29FN4O2/c1-16-12-19(23)7-8-20(16)25-21(28)9-5-17-4-3-11-27(15-17)22(29)10-6-18-13-24-26(2)14-18/h7-8,12-14,17H,3-6,9-11,15H2,1-2H3,(H,25,28). The molecule has 3 rings (SSSR count). The average Bonchev–Trinajstić information content (AvgIpc) is 3.12. The minimum atomic E-state index is -0.309. The second kappa shape index (κ2) is 9.67. The number of aromatic nitrogens is 2. The lowest BCUT2D eigenvalue weighted by Crippen LogP contribution is -2.40. The Kier molecular flexibility index (Phi) is 7.01. The third-order valence-corrected chi connectivity index (χ3v) is 5.50. The Morgan fingerprint density at radius 2 is 2.14 bits per heavy atom. The molecule has 29 heavy (non-hydrogen) atoms. The third-order valence-electron chi connectivity index (χ3n) is 5.50. The van der Waals surface area contributed by atoms with E-state index in [1.54, 1.807) is 23.9 Å². The first-order chi connectivity index (χ1) is 13.9. The molecule has 0 saturated carbocycles. The molecule has 2 aromatic rings. The molecule has 6 nitrogen and oxygen atoms in total. The minimum Gasteiger partial charge on any atom is -0.342 e. The maximum atomic E-state index is 13.2. The smallest absolute Gasteiger partial charge is 0.224 e. The van der Waals surface area contributed by atoms with Gasteiger partial charge >= 0.3 is 0 Å². The van der Waals surface area contributed by atoms with Crippen LogP contribution in [0.25, 0.3) is 0 Å². The lowest BCUT2D eigenvalue weighted by molar-refractivity contribution is -0.133. The molecule has 1 fully saturated rings. The molecule has 1 atom stereocenters. The number of anilines is 1. The zero-order chi connectivity index (χ0) is 20.8. The second-order valence-corrected chi connectivity index (χ2v) is 7.92. The molecular weight excluding hydrogens is 371 g/mol. The SMILES string of the molecule is Cc1cc(F)ccc1NC(=O)CCC1CCCN(C(=O)CCc2cnn(C)c2)C1. The third kappa shape index (κ3) is 6.14. The van der Waals surface area contributed by atoms with E-state index in [9.17, 15) is 14.0 Å². The first-order valence-electron chi connectivity index (χ1n) is 10.2. The number of nitrogens with zero attached hydrogens (tertiary/aromatic N) is 3. The Labute approximate surface area is 171 Å². The van der Waals surface area contributed by atoms with E-state index in [0.29, 0.717) is 43.0 Å². The number of hydrogen-bond donors (Lipinski definition) is 1. The number of benzene rings is 1. The van der Waals surface area contributed by atoms with Crippen LogP contribution in [0.15, 0.2) is 30.6 Å². The molecule has 0 radical (unpaired) electrons. The highest BCUT2D eigenvalue weighted by atomic mass is 19.1. The van der Waals surface area contributed by atoms with Gasteiger partial charge in [-0.3, -0.25) is 14.3 Å². The summed E-state index contributed by atoms with van der Waals surface area (Å²) >= 11 is 0. The van der Waals surface area contributed by atoms with Gasteiger partial charge in [-0.05, 0) is 67.9 Å². The highest BCUT2D eigenvalue weighted by molar-refractivity contribution is 5.91. The molecule has 7 heteroatoms. The van der Waals surface area contributed by atoms with Crippen molar-refractivity contribution >= 4 is 17.5 Å². The number of rotatable bonds is 7. The van der Waals surface area contributed by atoms with Crippen molar-refractivity contribution in [3.05, 3.63) is 47.5 Å². The van der Waals surface area contributed by atoms with Crippen molar-refractivity contribution in [1.82, 2.24) is 14.7 Å².